The summed E-state index contributed by atoms with van der Waals surface area (Å²) in [5.74, 6) is -0.374. The van der Waals surface area contributed by atoms with Gasteiger partial charge in [0.2, 0.25) is 5.91 Å². The van der Waals surface area contributed by atoms with Gasteiger partial charge in [0.25, 0.3) is 5.91 Å². The molecule has 2 unspecified atom stereocenters. The topological polar surface area (TPSA) is 87.7 Å². The van der Waals surface area contributed by atoms with E-state index in [0.717, 1.165) is 21.6 Å². The zero-order valence-corrected chi connectivity index (χ0v) is 23.3. The van der Waals surface area contributed by atoms with Gasteiger partial charge in [0, 0.05) is 12.6 Å². The van der Waals surface area contributed by atoms with Crippen LogP contribution in [0.4, 0.5) is 4.79 Å². The zero-order valence-electron chi connectivity index (χ0n) is 22.5. The third-order valence-corrected chi connectivity index (χ3v) is 6.00. The largest absolute Gasteiger partial charge is 0.444 e. The predicted molar refractivity (Wildman–Crippen MR) is 149 cm³/mol. The van der Waals surface area contributed by atoms with Crippen molar-refractivity contribution in [3.8, 4) is 12.5 Å². The fourth-order valence-electron chi connectivity index (χ4n) is 3.84. The molecule has 0 aliphatic heterocycles. The number of ether oxygens (including phenoxy) is 1. The Morgan fingerprint density at radius 3 is 2.24 bits per heavy atom. The molecule has 198 valence electrons. The van der Waals surface area contributed by atoms with Crippen LogP contribution in [-0.2, 0) is 20.9 Å². The van der Waals surface area contributed by atoms with Crippen LogP contribution < -0.4 is 10.6 Å². The van der Waals surface area contributed by atoms with Crippen LogP contribution in [0.2, 0.25) is 0 Å². The van der Waals surface area contributed by atoms with Crippen molar-refractivity contribution in [2.75, 3.05) is 12.0 Å². The minimum Gasteiger partial charge on any atom is -0.444 e. The Bertz CT molecular complexity index is 1100. The molecule has 0 heterocycles. The maximum atomic E-state index is 13.8. The maximum absolute atomic E-state index is 13.8. The average Bonchev–Trinajstić information content (AvgIpc) is 2.82. The summed E-state index contributed by atoms with van der Waals surface area (Å²) >= 11 is 1.53. The molecule has 0 aliphatic rings. The van der Waals surface area contributed by atoms with Gasteiger partial charge in [0.05, 0.1) is 0 Å². The molecule has 0 spiro atoms. The number of rotatable bonds is 10. The molecule has 2 rings (SSSR count). The second-order valence-corrected chi connectivity index (χ2v) is 10.8. The van der Waals surface area contributed by atoms with E-state index >= 15 is 0 Å². The van der Waals surface area contributed by atoms with Crippen LogP contribution >= 0.6 is 11.8 Å². The number of carbonyl (C=O) groups is 3. The number of hydrogen-bond donors (Lipinski definition) is 2. The number of amides is 3. The number of alkyl carbamates (subject to hydrolysis) is 1. The van der Waals surface area contributed by atoms with E-state index in [9.17, 15) is 14.4 Å². The monoisotopic (exact) mass is 523 g/mol. The van der Waals surface area contributed by atoms with E-state index in [-0.39, 0.29) is 6.54 Å². The van der Waals surface area contributed by atoms with E-state index < -0.39 is 35.6 Å². The van der Waals surface area contributed by atoms with E-state index in [1.165, 1.54) is 11.8 Å². The van der Waals surface area contributed by atoms with Crippen molar-refractivity contribution in [3.05, 3.63) is 70.8 Å². The van der Waals surface area contributed by atoms with Gasteiger partial charge in [-0.25, -0.2) is 4.79 Å². The number of thioether (sulfide) groups is 1. The van der Waals surface area contributed by atoms with Gasteiger partial charge >= 0.3 is 6.09 Å². The molecule has 0 radical (unpaired) electrons. The van der Waals surface area contributed by atoms with Crippen molar-refractivity contribution in [2.45, 2.75) is 65.3 Å². The fourth-order valence-corrected chi connectivity index (χ4v) is 4.31. The molecule has 0 bridgehead atoms. The van der Waals surface area contributed by atoms with Crippen molar-refractivity contribution in [1.29, 1.82) is 0 Å². The molecule has 0 saturated heterocycles. The highest BCUT2D eigenvalue weighted by molar-refractivity contribution is 7.98. The Morgan fingerprint density at radius 2 is 1.70 bits per heavy atom. The van der Waals surface area contributed by atoms with E-state index in [4.69, 9.17) is 11.2 Å². The number of aryl methyl sites for hydroxylation is 2. The highest BCUT2D eigenvalue weighted by atomic mass is 32.2. The van der Waals surface area contributed by atoms with Crippen molar-refractivity contribution < 1.29 is 19.1 Å². The molecule has 0 aliphatic carbocycles. The van der Waals surface area contributed by atoms with Crippen molar-refractivity contribution in [3.63, 3.8) is 0 Å². The van der Waals surface area contributed by atoms with E-state index in [1.54, 1.807) is 20.8 Å². The van der Waals surface area contributed by atoms with Gasteiger partial charge in [0.1, 0.15) is 17.7 Å². The third-order valence-electron chi connectivity index (χ3n) is 5.35. The van der Waals surface area contributed by atoms with Crippen LogP contribution in [-0.4, -0.2) is 46.5 Å². The molecular formula is C29H37N3O4S. The quantitative estimate of drug-likeness (QED) is 0.347. The second kappa shape index (κ2) is 13.8. The summed E-state index contributed by atoms with van der Waals surface area (Å²) in [4.78, 5) is 41.0. The molecule has 37 heavy (non-hydrogen) atoms. The Morgan fingerprint density at radius 1 is 1.08 bits per heavy atom. The second-order valence-electron chi connectivity index (χ2n) is 9.84. The highest BCUT2D eigenvalue weighted by Crippen LogP contribution is 2.25. The van der Waals surface area contributed by atoms with Gasteiger partial charge in [-0.15, -0.1) is 0 Å². The number of benzene rings is 2. The molecule has 2 atom stereocenters. The molecule has 0 saturated carbocycles. The molecule has 2 N–H and O–H groups in total. The lowest BCUT2D eigenvalue weighted by molar-refractivity contribution is -0.138. The Hall–Kier alpha value is -3.44. The molecule has 2 aromatic carbocycles. The normalized spacial score (nSPS) is 12.6. The summed E-state index contributed by atoms with van der Waals surface area (Å²) in [6.45, 7) is 9.34. The molecule has 0 fully saturated rings. The Balaban J connectivity index is 2.41. The van der Waals surface area contributed by atoms with E-state index in [2.05, 4.69) is 16.7 Å². The third kappa shape index (κ3) is 9.51. The number of carbonyl (C=O) groups excluding carboxylic acids is 3. The standard InChI is InChI=1S/C29H37N3O4S/c1-8-32(27(34)24(14-15-37-7)31-28(35)36-29(4,5)6)25(23-17-20(2)16-21(3)18-23)26(33)30-19-22-12-10-9-11-13-22/h1,9-13,16-18,24-25H,14-15,19H2,2-7H3,(H,30,33)(H,31,35). The first-order chi connectivity index (χ1) is 17.4. The van der Waals surface area contributed by atoms with Crippen LogP contribution in [0.15, 0.2) is 48.5 Å². The predicted octanol–water partition coefficient (Wildman–Crippen LogP) is 4.73. The number of hydrogen-bond acceptors (Lipinski definition) is 5. The number of nitrogens with one attached hydrogen (secondary N) is 2. The first kappa shape index (κ1) is 29.8. The summed E-state index contributed by atoms with van der Waals surface area (Å²) in [6, 6.07) is 15.5. The van der Waals surface area contributed by atoms with Crippen molar-refractivity contribution in [1.82, 2.24) is 15.5 Å². The lowest BCUT2D eigenvalue weighted by atomic mass is 9.98. The molecule has 0 aromatic heterocycles. The maximum Gasteiger partial charge on any atom is 0.408 e. The first-order valence-electron chi connectivity index (χ1n) is 12.1. The first-order valence-corrected chi connectivity index (χ1v) is 13.5. The summed E-state index contributed by atoms with van der Waals surface area (Å²) in [5, 5.41) is 5.57. The van der Waals surface area contributed by atoms with Gasteiger partial charge in [-0.05, 0) is 64.2 Å². The van der Waals surface area contributed by atoms with E-state index in [0.29, 0.717) is 17.7 Å². The average molecular weight is 524 g/mol. The molecule has 2 aromatic rings. The Kier molecular flexibility index (Phi) is 11.1. The van der Waals surface area contributed by atoms with Gasteiger partial charge in [0.15, 0.2) is 0 Å². The summed E-state index contributed by atoms with van der Waals surface area (Å²) in [5.41, 5.74) is 2.65. The van der Waals surface area contributed by atoms with Crippen LogP contribution in [0, 0.1) is 26.3 Å². The van der Waals surface area contributed by atoms with Crippen LogP contribution in [0.25, 0.3) is 0 Å². The van der Waals surface area contributed by atoms with Crippen LogP contribution in [0.3, 0.4) is 0 Å². The summed E-state index contributed by atoms with van der Waals surface area (Å²) in [6.07, 6.45) is 7.36. The summed E-state index contributed by atoms with van der Waals surface area (Å²) < 4.78 is 5.36. The van der Waals surface area contributed by atoms with Gasteiger partial charge in [-0.2, -0.15) is 11.8 Å². The van der Waals surface area contributed by atoms with Crippen molar-refractivity contribution >= 4 is 29.7 Å². The molecule has 7 nitrogen and oxygen atoms in total. The molecule has 8 heteroatoms. The molecule has 3 amide bonds. The van der Waals surface area contributed by atoms with Gasteiger partial charge in [-0.3, -0.25) is 14.5 Å². The van der Waals surface area contributed by atoms with Crippen LogP contribution in [0.1, 0.15) is 55.5 Å². The smallest absolute Gasteiger partial charge is 0.408 e. The SMILES string of the molecule is C#CN(C(=O)C(CCSC)NC(=O)OC(C)(C)C)C(C(=O)NCc1ccccc1)c1cc(C)cc(C)c1. The van der Waals surface area contributed by atoms with Gasteiger partial charge < -0.3 is 15.4 Å². The minimum atomic E-state index is -1.09. The molecular weight excluding hydrogens is 486 g/mol. The zero-order chi connectivity index (χ0) is 27.6. The van der Waals surface area contributed by atoms with Gasteiger partial charge in [-0.1, -0.05) is 66.1 Å². The summed E-state index contributed by atoms with van der Waals surface area (Å²) in [7, 11) is 0. The van der Waals surface area contributed by atoms with Crippen LogP contribution in [0.5, 0.6) is 0 Å². The van der Waals surface area contributed by atoms with E-state index in [1.807, 2.05) is 68.6 Å². The number of terminal acetylenes is 1. The Labute approximate surface area is 224 Å². The van der Waals surface area contributed by atoms with Crippen molar-refractivity contribution in [2.24, 2.45) is 0 Å². The highest BCUT2D eigenvalue weighted by Gasteiger charge is 2.36. The number of nitrogens with zero attached hydrogens (tertiary/aromatic N) is 1. The minimum absolute atomic E-state index is 0.277. The lowest BCUT2D eigenvalue weighted by Crippen LogP contribution is -2.51. The fraction of sp³-hybridized carbons (Fsp3) is 0.414. The lowest BCUT2D eigenvalue weighted by Gasteiger charge is -2.30.